The first-order valence-corrected chi connectivity index (χ1v) is 5.42. The van der Waals surface area contributed by atoms with Crippen molar-refractivity contribution in [1.29, 1.82) is 0 Å². The van der Waals surface area contributed by atoms with Gasteiger partial charge in [-0.1, -0.05) is 50.4 Å². The molecule has 1 heterocycles. The molecule has 0 radical (unpaired) electrons. The van der Waals surface area contributed by atoms with Crippen molar-refractivity contribution in [3.8, 4) is 0 Å². The molecule has 0 aliphatic rings. The lowest BCUT2D eigenvalue weighted by molar-refractivity contribution is 0.470. The van der Waals surface area contributed by atoms with E-state index in [1.165, 1.54) is 0 Å². The first kappa shape index (κ1) is 11.7. The monoisotopic (exact) mass is 232 g/mol. The number of hydrogen-bond donors (Lipinski definition) is 0. The normalized spacial score (nSPS) is 11.8. The number of nitrogens with zero attached hydrogens (tertiary/aromatic N) is 2. The van der Waals surface area contributed by atoms with Crippen molar-refractivity contribution in [3.05, 3.63) is 21.9 Å². The van der Waals surface area contributed by atoms with E-state index in [1.807, 2.05) is 0 Å². The summed E-state index contributed by atoms with van der Waals surface area (Å²) in [6.07, 6.45) is 2.15. The molecule has 0 atom stereocenters. The average Bonchev–Trinajstić information content (AvgIpc) is 2.09. The molecule has 0 aromatic carbocycles. The minimum atomic E-state index is 0.00537. The predicted molar refractivity (Wildman–Crippen MR) is 60.0 cm³/mol. The minimum Gasteiger partial charge on any atom is -0.137 e. The maximum atomic E-state index is 5.98. The van der Waals surface area contributed by atoms with Crippen LogP contribution < -0.4 is 0 Å². The molecule has 14 heavy (non-hydrogen) atoms. The fourth-order valence-electron chi connectivity index (χ4n) is 1.59. The van der Waals surface area contributed by atoms with Crippen molar-refractivity contribution in [2.45, 2.75) is 39.0 Å². The number of halogens is 2. The van der Waals surface area contributed by atoms with Gasteiger partial charge < -0.3 is 0 Å². The molecular weight excluding hydrogens is 219 g/mol. The number of rotatable bonds is 3. The Balaban J connectivity index is 3.10. The highest BCUT2D eigenvalue weighted by molar-refractivity contribution is 6.31. The van der Waals surface area contributed by atoms with Gasteiger partial charge in [0.2, 0.25) is 0 Å². The molecule has 0 amide bonds. The van der Waals surface area contributed by atoms with E-state index in [-0.39, 0.29) is 5.41 Å². The summed E-state index contributed by atoms with van der Waals surface area (Å²) in [7, 11) is 0. The second kappa shape index (κ2) is 4.45. The summed E-state index contributed by atoms with van der Waals surface area (Å²) in [5, 5.41) is 8.36. The molecule has 0 N–H and O–H groups in total. The van der Waals surface area contributed by atoms with E-state index in [1.54, 1.807) is 6.07 Å². The van der Waals surface area contributed by atoms with Gasteiger partial charge in [0, 0.05) is 5.56 Å². The van der Waals surface area contributed by atoms with Gasteiger partial charge in [-0.25, -0.2) is 0 Å². The van der Waals surface area contributed by atoms with Crippen LogP contribution in [0.2, 0.25) is 10.3 Å². The molecule has 4 heteroatoms. The summed E-state index contributed by atoms with van der Waals surface area (Å²) >= 11 is 11.8. The van der Waals surface area contributed by atoms with Crippen molar-refractivity contribution in [2.24, 2.45) is 0 Å². The summed E-state index contributed by atoms with van der Waals surface area (Å²) in [5.74, 6) is 0. The van der Waals surface area contributed by atoms with E-state index in [0.29, 0.717) is 10.3 Å². The zero-order valence-corrected chi connectivity index (χ0v) is 10.2. The van der Waals surface area contributed by atoms with Crippen LogP contribution in [0.5, 0.6) is 0 Å². The molecule has 2 nitrogen and oxygen atoms in total. The zero-order chi connectivity index (χ0) is 10.8. The second-order valence-corrected chi connectivity index (χ2v) is 4.75. The summed E-state index contributed by atoms with van der Waals surface area (Å²) in [6, 6.07) is 1.80. The molecule has 0 spiro atoms. The van der Waals surface area contributed by atoms with Crippen LogP contribution in [0.15, 0.2) is 6.07 Å². The van der Waals surface area contributed by atoms with Gasteiger partial charge in [-0.3, -0.25) is 0 Å². The summed E-state index contributed by atoms with van der Waals surface area (Å²) < 4.78 is 0. The lowest BCUT2D eigenvalue weighted by Crippen LogP contribution is -2.18. The molecule has 0 bridgehead atoms. The smallest absolute Gasteiger partial charge is 0.137 e. The van der Waals surface area contributed by atoms with Crippen LogP contribution in [0.4, 0.5) is 0 Å². The van der Waals surface area contributed by atoms with Crippen molar-refractivity contribution < 1.29 is 0 Å². The van der Waals surface area contributed by atoms with Gasteiger partial charge in [-0.2, -0.15) is 0 Å². The standard InChI is InChI=1S/C10H14Cl2N2/c1-4-5-10(2,3)7-6-8(11)13-14-9(7)12/h6H,4-5H2,1-3H3. The minimum absolute atomic E-state index is 0.00537. The van der Waals surface area contributed by atoms with Gasteiger partial charge in [-0.05, 0) is 17.9 Å². The van der Waals surface area contributed by atoms with Crippen LogP contribution >= 0.6 is 23.2 Å². The summed E-state index contributed by atoms with van der Waals surface area (Å²) in [4.78, 5) is 0. The zero-order valence-electron chi connectivity index (χ0n) is 8.64. The van der Waals surface area contributed by atoms with E-state index < -0.39 is 0 Å². The van der Waals surface area contributed by atoms with Crippen LogP contribution in [0.25, 0.3) is 0 Å². The topological polar surface area (TPSA) is 25.8 Å². The fourth-order valence-corrected chi connectivity index (χ4v) is 2.08. The number of hydrogen-bond acceptors (Lipinski definition) is 2. The van der Waals surface area contributed by atoms with Crippen molar-refractivity contribution >= 4 is 23.2 Å². The Kier molecular flexibility index (Phi) is 3.73. The Bertz CT molecular complexity index is 324. The first-order valence-electron chi connectivity index (χ1n) is 4.66. The lowest BCUT2D eigenvalue weighted by Gasteiger charge is -2.24. The molecule has 0 saturated heterocycles. The maximum Gasteiger partial charge on any atom is 0.155 e. The summed E-state index contributed by atoms with van der Waals surface area (Å²) in [5.41, 5.74) is 0.979. The Morgan fingerprint density at radius 3 is 2.50 bits per heavy atom. The molecule has 0 aliphatic carbocycles. The van der Waals surface area contributed by atoms with Crippen LogP contribution in [0.1, 0.15) is 39.2 Å². The molecule has 0 fully saturated rings. The number of aromatic nitrogens is 2. The van der Waals surface area contributed by atoms with Gasteiger partial charge in [0.05, 0.1) is 0 Å². The molecule has 0 saturated carbocycles. The molecule has 1 aromatic heterocycles. The van der Waals surface area contributed by atoms with Crippen molar-refractivity contribution in [1.82, 2.24) is 10.2 Å². The third kappa shape index (κ3) is 2.58. The van der Waals surface area contributed by atoms with Crippen LogP contribution in [-0.2, 0) is 5.41 Å². The van der Waals surface area contributed by atoms with Crippen molar-refractivity contribution in [3.63, 3.8) is 0 Å². The third-order valence-corrected chi connectivity index (χ3v) is 2.79. The van der Waals surface area contributed by atoms with Gasteiger partial charge in [0.1, 0.15) is 0 Å². The van der Waals surface area contributed by atoms with E-state index in [2.05, 4.69) is 31.0 Å². The van der Waals surface area contributed by atoms with Crippen LogP contribution in [-0.4, -0.2) is 10.2 Å². The average molecular weight is 233 g/mol. The fraction of sp³-hybridized carbons (Fsp3) is 0.600. The highest BCUT2D eigenvalue weighted by Gasteiger charge is 2.23. The Morgan fingerprint density at radius 1 is 1.29 bits per heavy atom. The maximum absolute atomic E-state index is 5.98. The molecular formula is C10H14Cl2N2. The second-order valence-electron chi connectivity index (χ2n) is 4.01. The molecule has 1 aromatic rings. The molecule has 0 unspecified atom stereocenters. The van der Waals surface area contributed by atoms with Crippen molar-refractivity contribution in [2.75, 3.05) is 0 Å². The Morgan fingerprint density at radius 2 is 1.93 bits per heavy atom. The third-order valence-electron chi connectivity index (χ3n) is 2.32. The summed E-state index contributed by atoms with van der Waals surface area (Å²) in [6.45, 7) is 6.41. The van der Waals surface area contributed by atoms with Gasteiger partial charge >= 0.3 is 0 Å². The SMILES string of the molecule is CCCC(C)(C)c1cc(Cl)nnc1Cl. The quantitative estimate of drug-likeness (QED) is 0.792. The molecule has 0 aliphatic heterocycles. The van der Waals surface area contributed by atoms with Gasteiger partial charge in [-0.15, -0.1) is 10.2 Å². The highest BCUT2D eigenvalue weighted by atomic mass is 35.5. The Hall–Kier alpha value is -0.340. The van der Waals surface area contributed by atoms with E-state index >= 15 is 0 Å². The van der Waals surface area contributed by atoms with Crippen LogP contribution in [0, 0.1) is 0 Å². The first-order chi connectivity index (χ1) is 6.47. The van der Waals surface area contributed by atoms with E-state index in [4.69, 9.17) is 23.2 Å². The molecule has 1 rings (SSSR count). The predicted octanol–water partition coefficient (Wildman–Crippen LogP) is 3.86. The van der Waals surface area contributed by atoms with Gasteiger partial charge in [0.25, 0.3) is 0 Å². The van der Waals surface area contributed by atoms with Crippen LogP contribution in [0.3, 0.4) is 0 Å². The van der Waals surface area contributed by atoms with E-state index in [0.717, 1.165) is 18.4 Å². The lowest BCUT2D eigenvalue weighted by atomic mass is 9.82. The largest absolute Gasteiger partial charge is 0.155 e. The van der Waals surface area contributed by atoms with Gasteiger partial charge in [0.15, 0.2) is 10.3 Å². The highest BCUT2D eigenvalue weighted by Crippen LogP contribution is 2.33. The molecule has 78 valence electrons. The Labute approximate surface area is 94.6 Å². The van der Waals surface area contributed by atoms with E-state index in [9.17, 15) is 0 Å².